The predicted molar refractivity (Wildman–Crippen MR) is 148 cm³/mol. The summed E-state index contributed by atoms with van der Waals surface area (Å²) in [5.74, 6) is 0.954. The third-order valence-electron chi connectivity index (χ3n) is 7.35. The second-order valence-corrected chi connectivity index (χ2v) is 10.3. The molecule has 2 saturated heterocycles. The van der Waals surface area contributed by atoms with Gasteiger partial charge in [0.15, 0.2) is 11.9 Å². The van der Waals surface area contributed by atoms with Crippen LogP contribution >= 0.6 is 0 Å². The maximum Gasteiger partial charge on any atom is 0.330 e. The van der Waals surface area contributed by atoms with E-state index in [1.54, 1.807) is 22.4 Å². The number of aryl methyl sites for hydroxylation is 2. The van der Waals surface area contributed by atoms with Gasteiger partial charge < -0.3 is 19.5 Å². The van der Waals surface area contributed by atoms with Crippen LogP contribution in [0.3, 0.4) is 0 Å². The Balaban J connectivity index is 1.15. The number of ether oxygens (including phenoxy) is 3. The van der Waals surface area contributed by atoms with Gasteiger partial charge in [-0.25, -0.2) is 20.1 Å². The second kappa shape index (κ2) is 13.2. The molecule has 3 aromatic rings. The van der Waals surface area contributed by atoms with Gasteiger partial charge in [-0.2, -0.15) is 4.98 Å². The van der Waals surface area contributed by atoms with Crippen molar-refractivity contribution >= 4 is 28.7 Å². The molecular formula is C28H38N6O6. The molecule has 1 atom stereocenters. The van der Waals surface area contributed by atoms with Crippen LogP contribution in [-0.4, -0.2) is 57.7 Å². The first-order chi connectivity index (χ1) is 19.5. The lowest BCUT2D eigenvalue weighted by Crippen LogP contribution is -2.33. The molecule has 2 fully saturated rings. The monoisotopic (exact) mass is 554 g/mol. The van der Waals surface area contributed by atoms with E-state index in [1.165, 1.54) is 0 Å². The minimum absolute atomic E-state index is 0.0515. The van der Waals surface area contributed by atoms with Crippen LogP contribution in [0.5, 0.6) is 5.75 Å². The van der Waals surface area contributed by atoms with E-state index in [4.69, 9.17) is 24.0 Å². The Kier molecular flexibility index (Phi) is 9.30. The molecule has 12 heteroatoms. The zero-order valence-corrected chi connectivity index (χ0v) is 23.2. The van der Waals surface area contributed by atoms with Crippen molar-refractivity contribution in [2.24, 2.45) is 7.05 Å². The number of imidazole rings is 1. The zero-order chi connectivity index (χ0) is 27.9. The van der Waals surface area contributed by atoms with Gasteiger partial charge in [-0.3, -0.25) is 13.9 Å². The molecule has 1 amide bonds. The number of fused-ring (bicyclic) bond motifs is 1. The average Bonchev–Trinajstić information content (AvgIpc) is 3.23. The molecule has 1 unspecified atom stereocenters. The highest BCUT2D eigenvalue weighted by Crippen LogP contribution is 2.27. The Morgan fingerprint density at radius 1 is 1.15 bits per heavy atom. The normalized spacial score (nSPS) is 18.1. The van der Waals surface area contributed by atoms with Crippen LogP contribution in [0.1, 0.15) is 63.0 Å². The predicted octanol–water partition coefficient (Wildman–Crippen LogP) is 3.66. The molecule has 0 bridgehead atoms. The molecular weight excluding hydrogens is 516 g/mol. The number of aromatic nitrogens is 4. The van der Waals surface area contributed by atoms with Gasteiger partial charge in [-0.05, 0) is 57.1 Å². The topological polar surface area (TPSA) is 131 Å². The number of carbonyl (C=O) groups excluding carboxylic acids is 1. The highest BCUT2D eigenvalue weighted by atomic mass is 16.8. The summed E-state index contributed by atoms with van der Waals surface area (Å²) >= 11 is 0. The van der Waals surface area contributed by atoms with E-state index in [9.17, 15) is 9.59 Å². The number of unbranched alkanes of at least 4 members (excludes halogenated alkanes) is 1. The van der Waals surface area contributed by atoms with Crippen LogP contribution in [0.15, 0.2) is 29.2 Å². The number of carbonyl (C=O) groups is 1. The van der Waals surface area contributed by atoms with E-state index in [1.807, 2.05) is 25.1 Å². The average molecular weight is 555 g/mol. The van der Waals surface area contributed by atoms with Crippen LogP contribution in [0, 0.1) is 6.92 Å². The number of hydrogen-bond acceptors (Lipinski definition) is 9. The van der Waals surface area contributed by atoms with Crippen molar-refractivity contribution in [3.8, 4) is 5.75 Å². The van der Waals surface area contributed by atoms with Gasteiger partial charge in [0.25, 0.3) is 0 Å². The van der Waals surface area contributed by atoms with E-state index < -0.39 is 0 Å². The molecule has 2 aliphatic rings. The molecule has 1 aromatic carbocycles. The van der Waals surface area contributed by atoms with E-state index in [-0.39, 0.29) is 23.9 Å². The standard InChI is InChI=1S/C28H38N6O6/c1-19-9-10-21(38-13-5-3-7-24(35)32-40-25-8-4-6-14-39-25)17-22(19)30-27-29-18-23-26(31-27)34(28(36)33(23)2)20-11-15-37-16-12-20/h9-10,17-18,20,25H,3-8,11-16H2,1-2H3,(H,32,35)(H,29,30,31). The van der Waals surface area contributed by atoms with Gasteiger partial charge in [0.2, 0.25) is 11.9 Å². The van der Waals surface area contributed by atoms with Crippen molar-refractivity contribution in [1.82, 2.24) is 24.6 Å². The summed E-state index contributed by atoms with van der Waals surface area (Å²) in [6, 6.07) is 5.84. The summed E-state index contributed by atoms with van der Waals surface area (Å²) in [7, 11) is 1.74. The van der Waals surface area contributed by atoms with Gasteiger partial charge >= 0.3 is 5.69 Å². The van der Waals surface area contributed by atoms with E-state index in [2.05, 4.69) is 15.8 Å². The zero-order valence-electron chi connectivity index (χ0n) is 23.2. The molecule has 2 aromatic heterocycles. The van der Waals surface area contributed by atoms with Crippen LogP contribution in [0.4, 0.5) is 11.6 Å². The summed E-state index contributed by atoms with van der Waals surface area (Å²) in [4.78, 5) is 39.5. The van der Waals surface area contributed by atoms with Gasteiger partial charge in [-0.15, -0.1) is 0 Å². The van der Waals surface area contributed by atoms with Crippen molar-refractivity contribution in [1.29, 1.82) is 0 Å². The number of rotatable bonds is 11. The molecule has 216 valence electrons. The number of benzene rings is 1. The third kappa shape index (κ3) is 6.80. The number of nitrogens with zero attached hydrogens (tertiary/aromatic N) is 4. The van der Waals surface area contributed by atoms with E-state index >= 15 is 0 Å². The molecule has 0 spiro atoms. The maximum atomic E-state index is 13.0. The van der Waals surface area contributed by atoms with Crippen LogP contribution in [0.2, 0.25) is 0 Å². The Hall–Kier alpha value is -3.48. The van der Waals surface area contributed by atoms with Gasteiger partial charge in [0.1, 0.15) is 11.3 Å². The Morgan fingerprint density at radius 2 is 2.00 bits per heavy atom. The molecule has 2 aliphatic heterocycles. The molecule has 12 nitrogen and oxygen atoms in total. The van der Waals surface area contributed by atoms with E-state index in [0.29, 0.717) is 62.1 Å². The molecule has 0 radical (unpaired) electrons. The minimum atomic E-state index is -0.345. The second-order valence-electron chi connectivity index (χ2n) is 10.3. The van der Waals surface area contributed by atoms with Crippen LogP contribution in [-0.2, 0) is 26.2 Å². The Labute approximate surface area is 232 Å². The first kappa shape index (κ1) is 28.1. The molecule has 2 N–H and O–H groups in total. The minimum Gasteiger partial charge on any atom is -0.494 e. The summed E-state index contributed by atoms with van der Waals surface area (Å²) in [5, 5.41) is 3.29. The van der Waals surface area contributed by atoms with Gasteiger partial charge in [-0.1, -0.05) is 6.07 Å². The number of amides is 1. The lowest BCUT2D eigenvalue weighted by atomic mass is 10.1. The highest BCUT2D eigenvalue weighted by Gasteiger charge is 2.23. The first-order valence-electron chi connectivity index (χ1n) is 14.1. The first-order valence-corrected chi connectivity index (χ1v) is 14.1. The van der Waals surface area contributed by atoms with Crippen molar-refractivity contribution < 1.29 is 23.8 Å². The SMILES string of the molecule is Cc1ccc(OCCCCC(=O)NOC2CCCCO2)cc1Nc1ncc2c(n1)n(C1CCOCC1)c(=O)n2C. The van der Waals surface area contributed by atoms with Crippen molar-refractivity contribution in [2.75, 3.05) is 31.7 Å². The fourth-order valence-corrected chi connectivity index (χ4v) is 4.98. The smallest absolute Gasteiger partial charge is 0.330 e. The molecule has 40 heavy (non-hydrogen) atoms. The van der Waals surface area contributed by atoms with E-state index in [0.717, 1.165) is 49.8 Å². The fraction of sp³-hybridized carbons (Fsp3) is 0.571. The molecule has 4 heterocycles. The maximum absolute atomic E-state index is 13.0. The number of anilines is 2. The summed E-state index contributed by atoms with van der Waals surface area (Å²) in [6.45, 7) is 4.40. The quantitative estimate of drug-likeness (QED) is 0.269. The van der Waals surface area contributed by atoms with Crippen molar-refractivity contribution in [3.05, 3.63) is 40.4 Å². The molecule has 0 saturated carbocycles. The highest BCUT2D eigenvalue weighted by molar-refractivity contribution is 5.74. The Bertz CT molecular complexity index is 1360. The lowest BCUT2D eigenvalue weighted by Gasteiger charge is -2.22. The Morgan fingerprint density at radius 3 is 2.80 bits per heavy atom. The summed E-state index contributed by atoms with van der Waals surface area (Å²) in [6.07, 6.45) is 7.52. The lowest BCUT2D eigenvalue weighted by molar-refractivity contribution is -0.200. The number of hydrogen-bond donors (Lipinski definition) is 2. The largest absolute Gasteiger partial charge is 0.494 e. The number of hydroxylamine groups is 1. The van der Waals surface area contributed by atoms with Gasteiger partial charge in [0, 0.05) is 57.5 Å². The van der Waals surface area contributed by atoms with Crippen molar-refractivity contribution in [3.63, 3.8) is 0 Å². The summed E-state index contributed by atoms with van der Waals surface area (Å²) in [5.41, 5.74) is 5.52. The van der Waals surface area contributed by atoms with Crippen LogP contribution < -0.4 is 21.2 Å². The van der Waals surface area contributed by atoms with Crippen LogP contribution in [0.25, 0.3) is 11.2 Å². The third-order valence-corrected chi connectivity index (χ3v) is 7.35. The van der Waals surface area contributed by atoms with Crippen molar-refractivity contribution in [2.45, 2.75) is 70.6 Å². The molecule has 5 rings (SSSR count). The number of nitrogens with one attached hydrogen (secondary N) is 2. The fourth-order valence-electron chi connectivity index (χ4n) is 4.98. The summed E-state index contributed by atoms with van der Waals surface area (Å²) < 4.78 is 20.2. The molecule has 0 aliphatic carbocycles. The van der Waals surface area contributed by atoms with Gasteiger partial charge in [0.05, 0.1) is 12.8 Å².